The van der Waals surface area contributed by atoms with Gasteiger partial charge in [0.05, 0.1) is 4.47 Å². The summed E-state index contributed by atoms with van der Waals surface area (Å²) in [5.74, 6) is 0.580. The van der Waals surface area contributed by atoms with Crippen LogP contribution in [0.4, 0.5) is 0 Å². The molecule has 2 amide bonds. The average molecular weight is 489 g/mol. The van der Waals surface area contributed by atoms with Crippen LogP contribution in [0.1, 0.15) is 57.2 Å². The van der Waals surface area contributed by atoms with E-state index in [1.165, 1.54) is 5.56 Å². The highest BCUT2D eigenvalue weighted by molar-refractivity contribution is 9.10. The molecule has 168 valence electrons. The lowest BCUT2D eigenvalue weighted by Gasteiger charge is -2.29. The van der Waals surface area contributed by atoms with Gasteiger partial charge in [0, 0.05) is 12.6 Å². The van der Waals surface area contributed by atoms with Crippen molar-refractivity contribution in [2.75, 3.05) is 6.61 Å². The molecular formula is C25H33BrN2O3. The number of aryl methyl sites for hydroxylation is 1. The summed E-state index contributed by atoms with van der Waals surface area (Å²) in [4.78, 5) is 27.3. The summed E-state index contributed by atoms with van der Waals surface area (Å²) in [5.41, 5.74) is 3.26. The largest absolute Gasteiger partial charge is 0.483 e. The van der Waals surface area contributed by atoms with Gasteiger partial charge in [0.15, 0.2) is 6.61 Å². The fourth-order valence-corrected chi connectivity index (χ4v) is 3.72. The first-order valence-electron chi connectivity index (χ1n) is 10.7. The van der Waals surface area contributed by atoms with Crippen LogP contribution in [0.25, 0.3) is 0 Å². The van der Waals surface area contributed by atoms with Crippen molar-refractivity contribution in [2.24, 2.45) is 0 Å². The first-order valence-corrected chi connectivity index (χ1v) is 11.5. The Hall–Kier alpha value is -2.34. The zero-order valence-corrected chi connectivity index (χ0v) is 20.8. The zero-order chi connectivity index (χ0) is 23.1. The Bertz CT molecular complexity index is 911. The Balaban J connectivity index is 2.18. The molecule has 0 fully saturated rings. The van der Waals surface area contributed by atoms with Crippen LogP contribution < -0.4 is 10.1 Å². The van der Waals surface area contributed by atoms with Gasteiger partial charge in [-0.15, -0.1) is 0 Å². The molecule has 0 bridgehead atoms. The second-order valence-electron chi connectivity index (χ2n) is 8.48. The number of nitrogens with zero attached hydrogens (tertiary/aromatic N) is 1. The van der Waals surface area contributed by atoms with E-state index in [0.717, 1.165) is 15.6 Å². The average Bonchev–Trinajstić information content (AvgIpc) is 2.69. The highest BCUT2D eigenvalue weighted by atomic mass is 79.9. The quantitative estimate of drug-likeness (QED) is 0.527. The molecule has 0 unspecified atom stereocenters. The lowest BCUT2D eigenvalue weighted by atomic mass is 10.0. The van der Waals surface area contributed by atoms with Gasteiger partial charge in [-0.25, -0.2) is 0 Å². The number of carbonyl (C=O) groups excluding carboxylic acids is 2. The van der Waals surface area contributed by atoms with Crippen molar-refractivity contribution in [3.05, 3.63) is 63.6 Å². The Morgan fingerprint density at radius 1 is 1.06 bits per heavy atom. The summed E-state index contributed by atoms with van der Waals surface area (Å²) < 4.78 is 6.62. The van der Waals surface area contributed by atoms with Crippen molar-refractivity contribution < 1.29 is 14.3 Å². The van der Waals surface area contributed by atoms with Crippen LogP contribution in [0.15, 0.2) is 46.9 Å². The van der Waals surface area contributed by atoms with E-state index in [1.807, 2.05) is 63.2 Å². The Labute approximate surface area is 194 Å². The van der Waals surface area contributed by atoms with Crippen LogP contribution in [0, 0.1) is 6.92 Å². The first kappa shape index (κ1) is 24.9. The maximum absolute atomic E-state index is 13.1. The summed E-state index contributed by atoms with van der Waals surface area (Å²) in [6, 6.07) is 13.2. The van der Waals surface area contributed by atoms with Gasteiger partial charge in [0.2, 0.25) is 5.91 Å². The fraction of sp³-hybridized carbons (Fsp3) is 0.440. The van der Waals surface area contributed by atoms with Gasteiger partial charge in [-0.05, 0) is 72.8 Å². The topological polar surface area (TPSA) is 58.6 Å². The lowest BCUT2D eigenvalue weighted by molar-refractivity contribution is -0.142. The second-order valence-corrected chi connectivity index (χ2v) is 9.34. The number of hydrogen-bond donors (Lipinski definition) is 1. The van der Waals surface area contributed by atoms with Crippen LogP contribution in [0.3, 0.4) is 0 Å². The lowest BCUT2D eigenvalue weighted by Crippen LogP contribution is -2.50. The number of carbonyl (C=O) groups is 2. The molecular weight excluding hydrogens is 456 g/mol. The molecule has 0 radical (unpaired) electrons. The summed E-state index contributed by atoms with van der Waals surface area (Å²) in [5, 5.41) is 2.89. The van der Waals surface area contributed by atoms with E-state index in [0.29, 0.717) is 18.2 Å². The molecule has 5 nitrogen and oxygen atoms in total. The van der Waals surface area contributed by atoms with E-state index in [-0.39, 0.29) is 24.5 Å². The van der Waals surface area contributed by atoms with Gasteiger partial charge in [-0.1, -0.05) is 49.7 Å². The highest BCUT2D eigenvalue weighted by Crippen LogP contribution is 2.29. The van der Waals surface area contributed by atoms with Crippen LogP contribution in [0.2, 0.25) is 0 Å². The normalized spacial score (nSPS) is 12.0. The molecule has 0 saturated carbocycles. The molecule has 1 atom stereocenters. The highest BCUT2D eigenvalue weighted by Gasteiger charge is 2.27. The number of ether oxygens (including phenoxy) is 1. The molecule has 0 aromatic heterocycles. The van der Waals surface area contributed by atoms with Gasteiger partial charge in [-0.2, -0.15) is 0 Å². The van der Waals surface area contributed by atoms with Crippen molar-refractivity contribution in [3.8, 4) is 5.75 Å². The minimum Gasteiger partial charge on any atom is -0.483 e. The third-order valence-electron chi connectivity index (χ3n) is 5.01. The van der Waals surface area contributed by atoms with E-state index < -0.39 is 6.04 Å². The standard InChI is InChI=1S/C25H33BrN2O3/c1-16(2)21-10-11-23(22(26)13-21)31-15-24(29)28(19(6)25(30)27-17(3)4)14-20-9-7-8-18(5)12-20/h7-13,16-17,19H,14-15H2,1-6H3,(H,27,30)/t19-/m1/s1. The molecule has 31 heavy (non-hydrogen) atoms. The molecule has 2 rings (SSSR count). The number of benzene rings is 2. The minimum absolute atomic E-state index is 0.00227. The van der Waals surface area contributed by atoms with Crippen molar-refractivity contribution in [3.63, 3.8) is 0 Å². The molecule has 0 heterocycles. The predicted molar refractivity (Wildman–Crippen MR) is 128 cm³/mol. The van der Waals surface area contributed by atoms with Gasteiger partial charge >= 0.3 is 0 Å². The Morgan fingerprint density at radius 3 is 2.35 bits per heavy atom. The SMILES string of the molecule is Cc1cccc(CN(C(=O)COc2ccc(C(C)C)cc2Br)[C@H](C)C(=O)NC(C)C)c1. The van der Waals surface area contributed by atoms with E-state index >= 15 is 0 Å². The van der Waals surface area contributed by atoms with Crippen molar-refractivity contribution in [1.82, 2.24) is 10.2 Å². The minimum atomic E-state index is -0.620. The maximum atomic E-state index is 13.1. The van der Waals surface area contributed by atoms with Crippen LogP contribution >= 0.6 is 15.9 Å². The van der Waals surface area contributed by atoms with E-state index in [2.05, 4.69) is 35.1 Å². The molecule has 0 aliphatic carbocycles. The molecule has 0 spiro atoms. The third kappa shape index (κ3) is 7.39. The number of hydrogen-bond acceptors (Lipinski definition) is 3. The zero-order valence-electron chi connectivity index (χ0n) is 19.2. The summed E-state index contributed by atoms with van der Waals surface area (Å²) in [6.45, 7) is 12.0. The van der Waals surface area contributed by atoms with Gasteiger partial charge in [0.25, 0.3) is 5.91 Å². The summed E-state index contributed by atoms with van der Waals surface area (Å²) in [7, 11) is 0. The number of amides is 2. The van der Waals surface area contributed by atoms with E-state index in [1.54, 1.807) is 11.8 Å². The maximum Gasteiger partial charge on any atom is 0.261 e. The smallest absolute Gasteiger partial charge is 0.261 e. The van der Waals surface area contributed by atoms with Gasteiger partial charge in [-0.3, -0.25) is 9.59 Å². The second kappa shape index (κ2) is 11.3. The monoisotopic (exact) mass is 488 g/mol. The van der Waals surface area contributed by atoms with Crippen LogP contribution in [0.5, 0.6) is 5.75 Å². The van der Waals surface area contributed by atoms with Crippen LogP contribution in [-0.4, -0.2) is 35.4 Å². The molecule has 6 heteroatoms. The molecule has 2 aromatic carbocycles. The Morgan fingerprint density at radius 2 is 1.77 bits per heavy atom. The van der Waals surface area contributed by atoms with Crippen molar-refractivity contribution in [1.29, 1.82) is 0 Å². The molecule has 0 aliphatic heterocycles. The van der Waals surface area contributed by atoms with E-state index in [9.17, 15) is 9.59 Å². The molecule has 0 saturated heterocycles. The van der Waals surface area contributed by atoms with Crippen molar-refractivity contribution >= 4 is 27.7 Å². The molecule has 0 aliphatic rings. The van der Waals surface area contributed by atoms with E-state index in [4.69, 9.17) is 4.74 Å². The predicted octanol–water partition coefficient (Wildman–Crippen LogP) is 5.20. The number of halogens is 1. The molecule has 2 aromatic rings. The fourth-order valence-electron chi connectivity index (χ4n) is 3.21. The number of nitrogens with one attached hydrogen (secondary N) is 1. The molecule has 1 N–H and O–H groups in total. The van der Waals surface area contributed by atoms with Crippen LogP contribution in [-0.2, 0) is 16.1 Å². The van der Waals surface area contributed by atoms with Crippen molar-refractivity contribution in [2.45, 2.75) is 66.1 Å². The van der Waals surface area contributed by atoms with Gasteiger partial charge < -0.3 is 15.0 Å². The number of rotatable bonds is 9. The summed E-state index contributed by atoms with van der Waals surface area (Å²) >= 11 is 3.53. The first-order chi connectivity index (χ1) is 14.6. The third-order valence-corrected chi connectivity index (χ3v) is 5.63. The Kier molecular flexibility index (Phi) is 9.11. The summed E-state index contributed by atoms with van der Waals surface area (Å²) in [6.07, 6.45) is 0. The van der Waals surface area contributed by atoms with Gasteiger partial charge in [0.1, 0.15) is 11.8 Å².